The maximum absolute atomic E-state index is 12.6. The maximum atomic E-state index is 12.6. The summed E-state index contributed by atoms with van der Waals surface area (Å²) in [6.07, 6.45) is 0.176. The van der Waals surface area contributed by atoms with Gasteiger partial charge in [-0.05, 0) is 17.0 Å². The third kappa shape index (κ3) is 4.43. The van der Waals surface area contributed by atoms with Crippen molar-refractivity contribution in [2.24, 2.45) is 0 Å². The molecule has 0 radical (unpaired) electrons. The van der Waals surface area contributed by atoms with Gasteiger partial charge in [0.15, 0.2) is 0 Å². The van der Waals surface area contributed by atoms with Gasteiger partial charge in [-0.15, -0.1) is 11.3 Å². The standard InChI is InChI=1S/C18H21N3O2S/c22-17(20-12-15-7-4-10-24-15)11-16-18(23)21(9-8-19-16)13-14-5-2-1-3-6-14/h1-7,10,16,19H,8-9,11-13H2,(H,20,22). The van der Waals surface area contributed by atoms with E-state index in [1.807, 2.05) is 52.7 Å². The average molecular weight is 343 g/mol. The number of nitrogens with zero attached hydrogens (tertiary/aromatic N) is 1. The predicted octanol–water partition coefficient (Wildman–Crippen LogP) is 1.75. The van der Waals surface area contributed by atoms with E-state index in [1.165, 1.54) is 0 Å². The lowest BCUT2D eigenvalue weighted by Crippen LogP contribution is -2.55. The lowest BCUT2D eigenvalue weighted by molar-refractivity contribution is -0.138. The molecule has 0 bridgehead atoms. The molecule has 1 atom stereocenters. The molecule has 1 aromatic heterocycles. The normalized spacial score (nSPS) is 17.8. The Labute approximate surface area is 145 Å². The van der Waals surface area contributed by atoms with Crippen molar-refractivity contribution in [3.8, 4) is 0 Å². The van der Waals surface area contributed by atoms with E-state index in [0.29, 0.717) is 26.2 Å². The van der Waals surface area contributed by atoms with Gasteiger partial charge in [0.1, 0.15) is 0 Å². The van der Waals surface area contributed by atoms with Crippen LogP contribution in [0.2, 0.25) is 0 Å². The number of hydrogen-bond donors (Lipinski definition) is 2. The highest BCUT2D eigenvalue weighted by Crippen LogP contribution is 2.11. The van der Waals surface area contributed by atoms with Crippen LogP contribution in [0.15, 0.2) is 47.8 Å². The van der Waals surface area contributed by atoms with E-state index in [9.17, 15) is 9.59 Å². The molecule has 2 N–H and O–H groups in total. The summed E-state index contributed by atoms with van der Waals surface area (Å²) in [6.45, 7) is 2.49. The van der Waals surface area contributed by atoms with Crippen LogP contribution in [0.1, 0.15) is 16.9 Å². The summed E-state index contributed by atoms with van der Waals surface area (Å²) in [4.78, 5) is 27.6. The Morgan fingerprint density at radius 2 is 2.08 bits per heavy atom. The Balaban J connectivity index is 1.51. The Hall–Kier alpha value is -2.18. The van der Waals surface area contributed by atoms with Crippen molar-refractivity contribution < 1.29 is 9.59 Å². The van der Waals surface area contributed by atoms with E-state index in [1.54, 1.807) is 11.3 Å². The molecule has 2 heterocycles. The number of nitrogens with one attached hydrogen (secondary N) is 2. The van der Waals surface area contributed by atoms with Crippen molar-refractivity contribution in [1.29, 1.82) is 0 Å². The lowest BCUT2D eigenvalue weighted by atomic mass is 10.1. The zero-order valence-corrected chi connectivity index (χ0v) is 14.2. The molecule has 5 nitrogen and oxygen atoms in total. The Morgan fingerprint density at radius 3 is 2.83 bits per heavy atom. The first-order chi connectivity index (χ1) is 11.7. The second-order valence-electron chi connectivity index (χ2n) is 5.81. The van der Waals surface area contributed by atoms with Crippen LogP contribution in [-0.2, 0) is 22.7 Å². The number of carbonyl (C=O) groups is 2. The van der Waals surface area contributed by atoms with E-state index in [0.717, 1.165) is 10.4 Å². The zero-order chi connectivity index (χ0) is 16.8. The van der Waals surface area contributed by atoms with Gasteiger partial charge >= 0.3 is 0 Å². The summed E-state index contributed by atoms with van der Waals surface area (Å²) in [6, 6.07) is 13.4. The second-order valence-corrected chi connectivity index (χ2v) is 6.84. The Bertz CT molecular complexity index is 673. The molecule has 0 aliphatic carbocycles. The maximum Gasteiger partial charge on any atom is 0.240 e. The minimum atomic E-state index is -0.439. The van der Waals surface area contributed by atoms with Crippen LogP contribution in [0.4, 0.5) is 0 Å². The highest BCUT2D eigenvalue weighted by Gasteiger charge is 2.29. The van der Waals surface area contributed by atoms with Gasteiger partial charge in [0.25, 0.3) is 0 Å². The molecule has 1 fully saturated rings. The first-order valence-electron chi connectivity index (χ1n) is 8.07. The van der Waals surface area contributed by atoms with Crippen molar-refractivity contribution in [3.63, 3.8) is 0 Å². The number of rotatable bonds is 6. The van der Waals surface area contributed by atoms with Crippen molar-refractivity contribution in [3.05, 3.63) is 58.3 Å². The van der Waals surface area contributed by atoms with Crippen LogP contribution in [0.25, 0.3) is 0 Å². The summed E-state index contributed by atoms with van der Waals surface area (Å²) < 4.78 is 0. The molecule has 2 aromatic rings. The van der Waals surface area contributed by atoms with Crippen LogP contribution in [0, 0.1) is 0 Å². The van der Waals surface area contributed by atoms with Gasteiger partial charge < -0.3 is 15.5 Å². The number of piperazine rings is 1. The van der Waals surface area contributed by atoms with Crippen molar-refractivity contribution >= 4 is 23.2 Å². The summed E-state index contributed by atoms with van der Waals surface area (Å²) in [5, 5.41) is 8.02. The summed E-state index contributed by atoms with van der Waals surface area (Å²) in [7, 11) is 0. The highest BCUT2D eigenvalue weighted by molar-refractivity contribution is 7.09. The third-order valence-corrected chi connectivity index (χ3v) is 4.90. The van der Waals surface area contributed by atoms with E-state index in [2.05, 4.69) is 10.6 Å². The van der Waals surface area contributed by atoms with Crippen molar-refractivity contribution in [1.82, 2.24) is 15.5 Å². The molecule has 1 aromatic carbocycles. The summed E-state index contributed by atoms with van der Waals surface area (Å²) in [5.41, 5.74) is 1.11. The van der Waals surface area contributed by atoms with Crippen LogP contribution in [-0.4, -0.2) is 35.8 Å². The molecule has 126 valence electrons. The first-order valence-corrected chi connectivity index (χ1v) is 8.95. The summed E-state index contributed by atoms with van der Waals surface area (Å²) >= 11 is 1.61. The van der Waals surface area contributed by atoms with E-state index in [-0.39, 0.29) is 18.2 Å². The van der Waals surface area contributed by atoms with Crippen LogP contribution in [0.5, 0.6) is 0 Å². The van der Waals surface area contributed by atoms with Gasteiger partial charge in [0.2, 0.25) is 11.8 Å². The molecule has 1 unspecified atom stereocenters. The number of carbonyl (C=O) groups excluding carboxylic acids is 2. The van der Waals surface area contributed by atoms with Crippen LogP contribution in [0.3, 0.4) is 0 Å². The predicted molar refractivity (Wildman–Crippen MR) is 94.4 cm³/mol. The zero-order valence-electron chi connectivity index (χ0n) is 13.4. The van der Waals surface area contributed by atoms with Gasteiger partial charge in [-0.2, -0.15) is 0 Å². The highest BCUT2D eigenvalue weighted by atomic mass is 32.1. The number of hydrogen-bond acceptors (Lipinski definition) is 4. The minimum absolute atomic E-state index is 0.00335. The number of thiophene rings is 1. The average Bonchev–Trinajstić information content (AvgIpc) is 3.11. The fourth-order valence-corrected chi connectivity index (χ4v) is 3.41. The number of amides is 2. The smallest absolute Gasteiger partial charge is 0.240 e. The molecule has 0 saturated carbocycles. The van der Waals surface area contributed by atoms with Gasteiger partial charge in [0, 0.05) is 24.5 Å². The number of benzene rings is 1. The van der Waals surface area contributed by atoms with Crippen LogP contribution < -0.4 is 10.6 Å². The lowest BCUT2D eigenvalue weighted by Gasteiger charge is -2.33. The van der Waals surface area contributed by atoms with E-state index in [4.69, 9.17) is 0 Å². The van der Waals surface area contributed by atoms with E-state index < -0.39 is 6.04 Å². The molecule has 6 heteroatoms. The molecular weight excluding hydrogens is 322 g/mol. The molecule has 0 spiro atoms. The Kier molecular flexibility index (Phi) is 5.61. The van der Waals surface area contributed by atoms with Gasteiger partial charge in [0.05, 0.1) is 19.0 Å². The van der Waals surface area contributed by atoms with Gasteiger partial charge in [-0.25, -0.2) is 0 Å². The quantitative estimate of drug-likeness (QED) is 0.840. The van der Waals surface area contributed by atoms with Crippen LogP contribution >= 0.6 is 11.3 Å². The molecular formula is C18H21N3O2S. The monoisotopic (exact) mass is 343 g/mol. The Morgan fingerprint density at radius 1 is 1.25 bits per heavy atom. The fraction of sp³-hybridized carbons (Fsp3) is 0.333. The topological polar surface area (TPSA) is 61.4 Å². The molecule has 2 amide bonds. The SMILES string of the molecule is O=C(CC1NCCN(Cc2ccccc2)C1=O)NCc1cccs1. The molecule has 1 saturated heterocycles. The molecule has 24 heavy (non-hydrogen) atoms. The molecule has 1 aliphatic heterocycles. The first kappa shape index (κ1) is 16.7. The summed E-state index contributed by atoms with van der Waals surface area (Å²) in [5.74, 6) is -0.104. The van der Waals surface area contributed by atoms with E-state index >= 15 is 0 Å². The van der Waals surface area contributed by atoms with Gasteiger partial charge in [-0.3, -0.25) is 9.59 Å². The molecule has 3 rings (SSSR count). The van der Waals surface area contributed by atoms with Gasteiger partial charge in [-0.1, -0.05) is 36.4 Å². The van der Waals surface area contributed by atoms with Crippen molar-refractivity contribution in [2.45, 2.75) is 25.6 Å². The fourth-order valence-electron chi connectivity index (χ4n) is 2.77. The third-order valence-electron chi connectivity index (χ3n) is 4.03. The largest absolute Gasteiger partial charge is 0.351 e. The minimum Gasteiger partial charge on any atom is -0.351 e. The second kappa shape index (κ2) is 8.08. The van der Waals surface area contributed by atoms with Crippen molar-refractivity contribution in [2.75, 3.05) is 13.1 Å². The molecule has 1 aliphatic rings.